The van der Waals surface area contributed by atoms with Gasteiger partial charge in [0.25, 0.3) is 0 Å². The van der Waals surface area contributed by atoms with Gasteiger partial charge in [-0.3, -0.25) is 4.98 Å². The first-order valence-corrected chi connectivity index (χ1v) is 8.59. The van der Waals surface area contributed by atoms with E-state index in [2.05, 4.69) is 42.8 Å². The molecule has 1 aromatic heterocycles. The minimum absolute atomic E-state index is 0.254. The van der Waals surface area contributed by atoms with Crippen molar-refractivity contribution in [3.63, 3.8) is 0 Å². The molecule has 104 valence electrons. The van der Waals surface area contributed by atoms with Gasteiger partial charge in [-0.2, -0.15) is 0 Å². The summed E-state index contributed by atoms with van der Waals surface area (Å²) in [5, 5.41) is 10.1. The second-order valence-corrected chi connectivity index (χ2v) is 6.82. The second kappa shape index (κ2) is 6.86. The Morgan fingerprint density at radius 3 is 2.60 bits per heavy atom. The van der Waals surface area contributed by atoms with Crippen LogP contribution in [0.2, 0.25) is 0 Å². The number of pyridine rings is 1. The molecule has 0 aliphatic carbocycles. The third-order valence-electron chi connectivity index (χ3n) is 2.93. The SMILES string of the molecule is C=Cc1cnc(C)c(O)c1SSCc1ccc(C)cc1. The van der Waals surface area contributed by atoms with Crippen LogP contribution in [-0.2, 0) is 5.75 Å². The van der Waals surface area contributed by atoms with Crippen molar-refractivity contribution < 1.29 is 5.11 Å². The van der Waals surface area contributed by atoms with Crippen LogP contribution in [0.25, 0.3) is 6.08 Å². The molecule has 2 nitrogen and oxygen atoms in total. The predicted octanol–water partition coefficient (Wildman–Crippen LogP) is 4.99. The molecule has 0 atom stereocenters. The van der Waals surface area contributed by atoms with E-state index in [-0.39, 0.29) is 5.75 Å². The average molecular weight is 303 g/mol. The molecule has 2 aromatic rings. The van der Waals surface area contributed by atoms with Gasteiger partial charge < -0.3 is 5.11 Å². The van der Waals surface area contributed by atoms with Crippen LogP contribution >= 0.6 is 21.6 Å². The van der Waals surface area contributed by atoms with Crippen molar-refractivity contribution in [2.75, 3.05) is 0 Å². The van der Waals surface area contributed by atoms with Gasteiger partial charge in [-0.25, -0.2) is 0 Å². The summed E-state index contributed by atoms with van der Waals surface area (Å²) in [7, 11) is 3.27. The zero-order valence-corrected chi connectivity index (χ0v) is 13.2. The first kappa shape index (κ1) is 15.0. The van der Waals surface area contributed by atoms with Crippen LogP contribution in [0.1, 0.15) is 22.4 Å². The van der Waals surface area contributed by atoms with Gasteiger partial charge in [0.15, 0.2) is 5.75 Å². The fourth-order valence-corrected chi connectivity index (χ4v) is 4.09. The summed E-state index contributed by atoms with van der Waals surface area (Å²) in [5.74, 6) is 1.14. The molecular weight excluding hydrogens is 286 g/mol. The van der Waals surface area contributed by atoms with Crippen LogP contribution in [-0.4, -0.2) is 10.1 Å². The highest BCUT2D eigenvalue weighted by molar-refractivity contribution is 8.76. The van der Waals surface area contributed by atoms with Crippen molar-refractivity contribution in [3.8, 4) is 5.75 Å². The lowest BCUT2D eigenvalue weighted by molar-refractivity contribution is 0.454. The fourth-order valence-electron chi connectivity index (χ4n) is 1.66. The molecule has 4 heteroatoms. The molecule has 0 saturated heterocycles. The Bertz CT molecular complexity index is 609. The summed E-state index contributed by atoms with van der Waals surface area (Å²) >= 11 is 0. The Morgan fingerprint density at radius 1 is 1.25 bits per heavy atom. The lowest BCUT2D eigenvalue weighted by atomic mass is 10.2. The van der Waals surface area contributed by atoms with Crippen LogP contribution in [0.3, 0.4) is 0 Å². The van der Waals surface area contributed by atoms with Gasteiger partial charge in [0, 0.05) is 17.5 Å². The molecule has 1 heterocycles. The van der Waals surface area contributed by atoms with E-state index in [1.807, 2.05) is 0 Å². The molecule has 0 radical (unpaired) electrons. The zero-order chi connectivity index (χ0) is 14.5. The van der Waals surface area contributed by atoms with Gasteiger partial charge in [-0.1, -0.05) is 64.1 Å². The number of hydrogen-bond acceptors (Lipinski definition) is 4. The minimum Gasteiger partial charge on any atom is -0.505 e. The topological polar surface area (TPSA) is 33.1 Å². The molecule has 2 rings (SSSR count). The van der Waals surface area contributed by atoms with Crippen LogP contribution in [0.5, 0.6) is 5.75 Å². The van der Waals surface area contributed by atoms with Crippen molar-refractivity contribution in [1.82, 2.24) is 4.98 Å². The molecule has 1 N–H and O–H groups in total. The Labute approximate surface area is 127 Å². The van der Waals surface area contributed by atoms with Crippen LogP contribution in [0.4, 0.5) is 0 Å². The summed E-state index contributed by atoms with van der Waals surface area (Å²) in [4.78, 5) is 4.98. The number of rotatable bonds is 5. The molecule has 0 aliphatic rings. The van der Waals surface area contributed by atoms with Gasteiger partial charge in [0.1, 0.15) is 0 Å². The molecule has 1 aromatic carbocycles. The summed E-state index contributed by atoms with van der Waals surface area (Å²) in [5.41, 5.74) is 4.06. The first-order valence-electron chi connectivity index (χ1n) is 6.28. The summed E-state index contributed by atoms with van der Waals surface area (Å²) < 4.78 is 0. The summed E-state index contributed by atoms with van der Waals surface area (Å²) in [6, 6.07) is 8.50. The lowest BCUT2D eigenvalue weighted by Gasteiger charge is -2.09. The Hall–Kier alpha value is -1.39. The largest absolute Gasteiger partial charge is 0.505 e. The molecule has 0 saturated carbocycles. The molecule has 20 heavy (non-hydrogen) atoms. The van der Waals surface area contributed by atoms with E-state index < -0.39 is 0 Å². The molecule has 0 fully saturated rings. The molecule has 0 amide bonds. The van der Waals surface area contributed by atoms with Crippen molar-refractivity contribution in [2.24, 2.45) is 0 Å². The highest BCUT2D eigenvalue weighted by atomic mass is 33.1. The zero-order valence-electron chi connectivity index (χ0n) is 11.6. The standard InChI is InChI=1S/C16H17NOS2/c1-4-14-9-17-12(3)15(18)16(14)20-19-10-13-7-5-11(2)6-8-13/h4-9,18H,1,10H2,2-3H3. The van der Waals surface area contributed by atoms with Gasteiger partial charge >= 0.3 is 0 Å². The third kappa shape index (κ3) is 3.58. The van der Waals surface area contributed by atoms with Gasteiger partial charge in [0.05, 0.1) is 10.6 Å². The highest BCUT2D eigenvalue weighted by Gasteiger charge is 2.11. The summed E-state index contributed by atoms with van der Waals surface area (Å²) in [6.45, 7) is 7.65. The van der Waals surface area contributed by atoms with Gasteiger partial charge in [0.2, 0.25) is 0 Å². The van der Waals surface area contributed by atoms with Crippen molar-refractivity contribution in [3.05, 3.63) is 59.4 Å². The smallest absolute Gasteiger partial charge is 0.151 e. The maximum atomic E-state index is 10.1. The van der Waals surface area contributed by atoms with Gasteiger partial charge in [-0.15, -0.1) is 0 Å². The van der Waals surface area contributed by atoms with Crippen molar-refractivity contribution >= 4 is 27.7 Å². The molecular formula is C16H17NOS2. The van der Waals surface area contributed by atoms with E-state index in [4.69, 9.17) is 0 Å². The van der Waals surface area contributed by atoms with E-state index in [9.17, 15) is 5.11 Å². The lowest BCUT2D eigenvalue weighted by Crippen LogP contribution is -1.88. The quantitative estimate of drug-likeness (QED) is 0.789. The van der Waals surface area contributed by atoms with Crippen LogP contribution in [0.15, 0.2) is 41.9 Å². The maximum absolute atomic E-state index is 10.1. The Kier molecular flexibility index (Phi) is 5.15. The van der Waals surface area contributed by atoms with Crippen molar-refractivity contribution in [1.29, 1.82) is 0 Å². The Morgan fingerprint density at radius 2 is 1.95 bits per heavy atom. The average Bonchev–Trinajstić information content (AvgIpc) is 2.46. The molecule has 0 aliphatic heterocycles. The number of aromatic nitrogens is 1. The summed E-state index contributed by atoms with van der Waals surface area (Å²) in [6.07, 6.45) is 3.47. The van der Waals surface area contributed by atoms with E-state index in [1.54, 1.807) is 40.8 Å². The molecule has 0 bridgehead atoms. The fraction of sp³-hybridized carbons (Fsp3) is 0.188. The monoisotopic (exact) mass is 303 g/mol. The number of aromatic hydroxyl groups is 1. The van der Waals surface area contributed by atoms with E-state index in [1.165, 1.54) is 11.1 Å². The predicted molar refractivity (Wildman–Crippen MR) is 89.1 cm³/mol. The second-order valence-electron chi connectivity index (χ2n) is 4.51. The van der Waals surface area contributed by atoms with E-state index >= 15 is 0 Å². The van der Waals surface area contributed by atoms with Gasteiger partial charge in [-0.05, 0) is 19.4 Å². The molecule has 0 unspecified atom stereocenters. The van der Waals surface area contributed by atoms with Crippen LogP contribution in [0, 0.1) is 13.8 Å². The van der Waals surface area contributed by atoms with Crippen molar-refractivity contribution in [2.45, 2.75) is 24.5 Å². The number of hydrogen-bond donors (Lipinski definition) is 1. The van der Waals surface area contributed by atoms with E-state index in [0.29, 0.717) is 5.69 Å². The Balaban J connectivity index is 2.05. The first-order chi connectivity index (χ1) is 9.61. The third-order valence-corrected chi connectivity index (χ3v) is 5.30. The maximum Gasteiger partial charge on any atom is 0.151 e. The number of aryl methyl sites for hydroxylation is 2. The number of nitrogens with zero attached hydrogens (tertiary/aromatic N) is 1. The van der Waals surface area contributed by atoms with E-state index in [0.717, 1.165) is 16.2 Å². The highest BCUT2D eigenvalue weighted by Crippen LogP contribution is 2.42. The molecule has 0 spiro atoms. The normalized spacial score (nSPS) is 10.5. The minimum atomic E-state index is 0.254. The number of benzene rings is 1. The van der Waals surface area contributed by atoms with Crippen LogP contribution < -0.4 is 0 Å².